The van der Waals surface area contributed by atoms with Gasteiger partial charge in [-0.3, -0.25) is 4.68 Å². The van der Waals surface area contributed by atoms with Crippen molar-refractivity contribution in [1.29, 1.82) is 0 Å². The van der Waals surface area contributed by atoms with Crippen molar-refractivity contribution in [2.24, 2.45) is 0 Å². The van der Waals surface area contributed by atoms with Crippen LogP contribution in [0.25, 0.3) is 27.4 Å². The molecule has 1 aliphatic carbocycles. The van der Waals surface area contributed by atoms with Crippen LogP contribution in [0.5, 0.6) is 0 Å². The van der Waals surface area contributed by atoms with Crippen LogP contribution in [-0.4, -0.2) is 29.4 Å². The Morgan fingerprint density at radius 1 is 1.14 bits per heavy atom. The van der Waals surface area contributed by atoms with Crippen molar-refractivity contribution in [3.63, 3.8) is 0 Å². The lowest BCUT2D eigenvalue weighted by Crippen LogP contribution is -1.97. The molecule has 0 aliphatic heterocycles. The van der Waals surface area contributed by atoms with Crippen molar-refractivity contribution in [2.75, 3.05) is 0 Å². The number of thiophene rings is 1. The van der Waals surface area contributed by atoms with Crippen molar-refractivity contribution in [3.8, 4) is 11.6 Å². The number of hydrogen-bond donors (Lipinski definition) is 0. The van der Waals surface area contributed by atoms with Crippen molar-refractivity contribution in [2.45, 2.75) is 38.6 Å². The van der Waals surface area contributed by atoms with Gasteiger partial charge in [0.2, 0.25) is 5.82 Å². The Labute approximate surface area is 164 Å². The van der Waals surface area contributed by atoms with Gasteiger partial charge in [0, 0.05) is 17.3 Å². The average molecular weight is 390 g/mol. The maximum absolute atomic E-state index is 5.98. The first-order chi connectivity index (χ1) is 13.8. The zero-order valence-corrected chi connectivity index (χ0v) is 16.0. The highest BCUT2D eigenvalue weighted by molar-refractivity contribution is 7.19. The van der Waals surface area contributed by atoms with Gasteiger partial charge in [-0.1, -0.05) is 6.42 Å². The van der Waals surface area contributed by atoms with Gasteiger partial charge in [0.05, 0.1) is 11.9 Å². The molecule has 1 aliphatic rings. The molecule has 0 fully saturated rings. The molecule has 5 heterocycles. The molecule has 0 bridgehead atoms. The first-order valence-electron chi connectivity index (χ1n) is 9.57. The van der Waals surface area contributed by atoms with E-state index in [0.717, 1.165) is 29.1 Å². The predicted molar refractivity (Wildman–Crippen MR) is 106 cm³/mol. The van der Waals surface area contributed by atoms with Crippen LogP contribution in [0.1, 0.15) is 35.5 Å². The molecule has 5 aromatic heterocycles. The predicted octanol–water partition coefficient (Wildman–Crippen LogP) is 4.11. The van der Waals surface area contributed by atoms with E-state index < -0.39 is 0 Å². The molecule has 6 rings (SSSR count). The second-order valence-electron chi connectivity index (χ2n) is 7.16. The number of nitrogens with zero attached hydrogens (tertiary/aromatic N) is 6. The van der Waals surface area contributed by atoms with Gasteiger partial charge in [-0.15, -0.1) is 16.4 Å². The van der Waals surface area contributed by atoms with E-state index in [1.54, 1.807) is 17.0 Å². The molecule has 0 amide bonds. The molecule has 140 valence electrons. The summed E-state index contributed by atoms with van der Waals surface area (Å²) >= 11 is 1.81. The molecule has 5 aromatic rings. The van der Waals surface area contributed by atoms with Crippen LogP contribution >= 0.6 is 11.3 Å². The molecule has 0 aromatic carbocycles. The topological polar surface area (TPSA) is 74.0 Å². The summed E-state index contributed by atoms with van der Waals surface area (Å²) in [5.74, 6) is 2.08. The van der Waals surface area contributed by atoms with Gasteiger partial charge in [-0.05, 0) is 49.4 Å². The van der Waals surface area contributed by atoms with Gasteiger partial charge in [-0.25, -0.2) is 14.5 Å². The normalized spacial score (nSPS) is 14.6. The van der Waals surface area contributed by atoms with E-state index in [0.29, 0.717) is 18.1 Å². The van der Waals surface area contributed by atoms with E-state index in [9.17, 15) is 0 Å². The summed E-state index contributed by atoms with van der Waals surface area (Å²) in [7, 11) is 0. The monoisotopic (exact) mass is 390 g/mol. The minimum Gasteiger partial charge on any atom is -0.456 e. The molecular weight excluding hydrogens is 372 g/mol. The van der Waals surface area contributed by atoms with Gasteiger partial charge in [0.25, 0.3) is 0 Å². The fourth-order valence-corrected chi connectivity index (χ4v) is 5.20. The molecule has 0 spiro atoms. The number of fused-ring (bicyclic) bond motifs is 5. The van der Waals surface area contributed by atoms with E-state index in [1.165, 1.54) is 35.1 Å². The van der Waals surface area contributed by atoms with E-state index in [2.05, 4.69) is 15.2 Å². The quantitative estimate of drug-likeness (QED) is 0.433. The van der Waals surface area contributed by atoms with Crippen LogP contribution in [0.4, 0.5) is 0 Å². The molecule has 0 atom stereocenters. The second-order valence-corrected chi connectivity index (χ2v) is 8.25. The number of rotatable bonds is 3. The van der Waals surface area contributed by atoms with Crippen molar-refractivity contribution in [3.05, 3.63) is 53.1 Å². The molecule has 0 radical (unpaired) electrons. The molecule has 0 unspecified atom stereocenters. The smallest absolute Gasteiger partial charge is 0.217 e. The van der Waals surface area contributed by atoms with Gasteiger partial charge in [0.1, 0.15) is 16.9 Å². The van der Waals surface area contributed by atoms with Crippen molar-refractivity contribution < 1.29 is 4.42 Å². The van der Waals surface area contributed by atoms with E-state index >= 15 is 0 Å². The Hall–Kier alpha value is -3.00. The molecule has 7 nitrogen and oxygen atoms in total. The van der Waals surface area contributed by atoms with Crippen LogP contribution in [0.2, 0.25) is 0 Å². The van der Waals surface area contributed by atoms with Crippen LogP contribution < -0.4 is 0 Å². The maximum atomic E-state index is 5.98. The lowest BCUT2D eigenvalue weighted by molar-refractivity contribution is 0.487. The van der Waals surface area contributed by atoms with Crippen LogP contribution in [0, 0.1) is 0 Å². The Balaban J connectivity index is 1.44. The first-order valence-corrected chi connectivity index (χ1v) is 10.4. The first kappa shape index (κ1) is 16.0. The summed E-state index contributed by atoms with van der Waals surface area (Å²) in [4.78, 5) is 12.0. The largest absolute Gasteiger partial charge is 0.456 e. The number of hydrogen-bond acceptors (Lipinski definition) is 6. The van der Waals surface area contributed by atoms with Crippen molar-refractivity contribution in [1.82, 2.24) is 29.4 Å². The van der Waals surface area contributed by atoms with E-state index in [-0.39, 0.29) is 0 Å². The number of aromatic nitrogens is 6. The number of aryl methyl sites for hydroxylation is 2. The fourth-order valence-electron chi connectivity index (χ4n) is 3.97. The lowest BCUT2D eigenvalue weighted by atomic mass is 10.1. The highest BCUT2D eigenvalue weighted by Crippen LogP contribution is 2.36. The van der Waals surface area contributed by atoms with Crippen LogP contribution in [0.15, 0.2) is 41.3 Å². The Kier molecular flexibility index (Phi) is 3.58. The standard InChI is InChI=1S/C20H18N6OS/c1-2-5-14-16(6-3-1)28-20-17(14)19-23-18(24-26(19)12-21-20)15-8-7-13(27-15)11-25-10-4-9-22-25/h4,7-10,12H,1-3,5-6,11H2. The molecular formula is C20H18N6OS. The van der Waals surface area contributed by atoms with E-state index in [1.807, 2.05) is 40.4 Å². The Bertz CT molecular complexity index is 1280. The lowest BCUT2D eigenvalue weighted by Gasteiger charge is -1.98. The van der Waals surface area contributed by atoms with Crippen LogP contribution in [0.3, 0.4) is 0 Å². The maximum Gasteiger partial charge on any atom is 0.217 e. The summed E-state index contributed by atoms with van der Waals surface area (Å²) in [6.07, 6.45) is 11.5. The van der Waals surface area contributed by atoms with Gasteiger partial charge >= 0.3 is 0 Å². The molecule has 0 saturated heterocycles. The summed E-state index contributed by atoms with van der Waals surface area (Å²) in [6.45, 7) is 0.588. The Morgan fingerprint density at radius 2 is 2.11 bits per heavy atom. The van der Waals surface area contributed by atoms with Crippen LogP contribution in [-0.2, 0) is 19.4 Å². The molecule has 0 N–H and O–H groups in total. The zero-order chi connectivity index (χ0) is 18.5. The third-order valence-electron chi connectivity index (χ3n) is 5.30. The molecule has 0 saturated carbocycles. The third kappa shape index (κ3) is 2.56. The van der Waals surface area contributed by atoms with Gasteiger partial charge in [-0.2, -0.15) is 5.10 Å². The minimum absolute atomic E-state index is 0.588. The molecule has 8 heteroatoms. The summed E-state index contributed by atoms with van der Waals surface area (Å²) < 4.78 is 9.59. The minimum atomic E-state index is 0.588. The van der Waals surface area contributed by atoms with Gasteiger partial charge < -0.3 is 4.42 Å². The van der Waals surface area contributed by atoms with E-state index in [4.69, 9.17) is 9.40 Å². The average Bonchev–Trinajstić information content (AvgIpc) is 3.46. The Morgan fingerprint density at radius 3 is 3.04 bits per heavy atom. The third-order valence-corrected chi connectivity index (χ3v) is 6.50. The fraction of sp³-hybridized carbons (Fsp3) is 0.300. The summed E-state index contributed by atoms with van der Waals surface area (Å²) in [5, 5.41) is 10.0. The highest BCUT2D eigenvalue weighted by Gasteiger charge is 2.21. The summed E-state index contributed by atoms with van der Waals surface area (Å²) in [6, 6.07) is 5.77. The SMILES string of the molecule is c1cnn(Cc2ccc(-c3nc4c5c6c(sc5ncn4n3)CCCCC6)o2)c1. The van der Waals surface area contributed by atoms with Gasteiger partial charge in [0.15, 0.2) is 11.4 Å². The molecule has 28 heavy (non-hydrogen) atoms. The highest BCUT2D eigenvalue weighted by atomic mass is 32.1. The summed E-state index contributed by atoms with van der Waals surface area (Å²) in [5.41, 5.74) is 2.30. The van der Waals surface area contributed by atoms with Crippen molar-refractivity contribution >= 4 is 27.2 Å². The zero-order valence-electron chi connectivity index (χ0n) is 15.2. The number of furan rings is 1. The second kappa shape index (κ2) is 6.27.